The zero-order valence-electron chi connectivity index (χ0n) is 10.6. The first-order valence-corrected chi connectivity index (χ1v) is 6.13. The number of unbranched alkanes of at least 4 members (excludes halogenated alkanes) is 1. The fraction of sp³-hybridized carbons (Fsp3) is 0.500. The lowest BCUT2D eigenvalue weighted by molar-refractivity contribution is 0.0979. The predicted octanol–water partition coefficient (Wildman–Crippen LogP) is 2.79. The molecule has 94 valence electrons. The molecule has 0 heterocycles. The van der Waals surface area contributed by atoms with Crippen molar-refractivity contribution in [2.75, 3.05) is 6.54 Å². The van der Waals surface area contributed by atoms with Gasteiger partial charge in [-0.1, -0.05) is 0 Å². The van der Waals surface area contributed by atoms with Crippen molar-refractivity contribution in [2.45, 2.75) is 39.2 Å². The minimum absolute atomic E-state index is 0.154. The summed E-state index contributed by atoms with van der Waals surface area (Å²) in [6.45, 7) is 4.60. The summed E-state index contributed by atoms with van der Waals surface area (Å²) in [6.07, 6.45) is 2.49. The number of rotatable bonds is 7. The molecule has 0 unspecified atom stereocenters. The van der Waals surface area contributed by atoms with Crippen molar-refractivity contribution in [3.63, 3.8) is 0 Å². The third-order valence-electron chi connectivity index (χ3n) is 2.41. The normalized spacial score (nSPS) is 10.6. The second kappa shape index (κ2) is 7.07. The average molecular weight is 235 g/mol. The first-order chi connectivity index (χ1) is 8.13. The molecule has 0 amide bonds. The summed E-state index contributed by atoms with van der Waals surface area (Å²) in [5, 5.41) is 0. The highest BCUT2D eigenvalue weighted by Gasteiger charge is 2.05. The van der Waals surface area contributed by atoms with Crippen LogP contribution in [0.15, 0.2) is 24.3 Å². The van der Waals surface area contributed by atoms with Crippen LogP contribution in [0.2, 0.25) is 0 Å². The largest absolute Gasteiger partial charge is 0.491 e. The Labute approximate surface area is 103 Å². The maximum absolute atomic E-state index is 11.8. The zero-order valence-corrected chi connectivity index (χ0v) is 10.6. The highest BCUT2D eigenvalue weighted by Crippen LogP contribution is 2.15. The van der Waals surface area contributed by atoms with E-state index in [-0.39, 0.29) is 11.9 Å². The molecule has 1 aromatic carbocycles. The summed E-state index contributed by atoms with van der Waals surface area (Å²) in [4.78, 5) is 11.8. The molecule has 0 aliphatic heterocycles. The van der Waals surface area contributed by atoms with Crippen LogP contribution in [-0.4, -0.2) is 18.4 Å². The van der Waals surface area contributed by atoms with Gasteiger partial charge in [-0.3, -0.25) is 4.79 Å². The molecular formula is C14H21NO2. The fourth-order valence-corrected chi connectivity index (χ4v) is 1.57. The molecule has 0 saturated carbocycles. The predicted molar refractivity (Wildman–Crippen MR) is 69.4 cm³/mol. The van der Waals surface area contributed by atoms with E-state index >= 15 is 0 Å². The van der Waals surface area contributed by atoms with Gasteiger partial charge < -0.3 is 10.5 Å². The van der Waals surface area contributed by atoms with Gasteiger partial charge >= 0.3 is 0 Å². The van der Waals surface area contributed by atoms with Gasteiger partial charge in [0, 0.05) is 12.0 Å². The molecule has 17 heavy (non-hydrogen) atoms. The lowest BCUT2D eigenvalue weighted by atomic mass is 10.1. The smallest absolute Gasteiger partial charge is 0.162 e. The van der Waals surface area contributed by atoms with Crippen molar-refractivity contribution in [2.24, 2.45) is 5.73 Å². The van der Waals surface area contributed by atoms with Crippen molar-refractivity contribution >= 4 is 5.78 Å². The van der Waals surface area contributed by atoms with Crippen LogP contribution in [0.4, 0.5) is 0 Å². The molecule has 2 N–H and O–H groups in total. The zero-order chi connectivity index (χ0) is 12.7. The Morgan fingerprint density at radius 2 is 1.88 bits per heavy atom. The summed E-state index contributed by atoms with van der Waals surface area (Å²) < 4.78 is 5.52. The standard InChI is InChI=1S/C14H21NO2/c1-11(2)17-13-8-6-12(7-9-13)14(16)5-3-4-10-15/h6-9,11H,3-5,10,15H2,1-2H3. The van der Waals surface area contributed by atoms with Gasteiger partial charge in [0.05, 0.1) is 6.10 Å². The van der Waals surface area contributed by atoms with E-state index in [0.717, 1.165) is 24.2 Å². The summed E-state index contributed by atoms with van der Waals surface area (Å²) in [6, 6.07) is 7.33. The van der Waals surface area contributed by atoms with E-state index in [9.17, 15) is 4.79 Å². The Bertz CT molecular complexity index is 344. The molecule has 0 saturated heterocycles. The summed E-state index contributed by atoms with van der Waals surface area (Å²) in [5.74, 6) is 0.980. The number of Topliss-reactive ketones (excluding diaryl/α,β-unsaturated/α-hetero) is 1. The molecule has 1 aromatic rings. The van der Waals surface area contributed by atoms with Crippen molar-refractivity contribution in [1.29, 1.82) is 0 Å². The molecule has 0 spiro atoms. The van der Waals surface area contributed by atoms with Crippen LogP contribution in [0.5, 0.6) is 5.75 Å². The molecule has 0 atom stereocenters. The Balaban J connectivity index is 2.52. The Hall–Kier alpha value is -1.35. The lowest BCUT2D eigenvalue weighted by Gasteiger charge is -2.09. The first-order valence-electron chi connectivity index (χ1n) is 6.13. The number of carbonyl (C=O) groups is 1. The van der Waals surface area contributed by atoms with Crippen molar-refractivity contribution in [1.82, 2.24) is 0 Å². The minimum atomic E-state index is 0.154. The van der Waals surface area contributed by atoms with Gasteiger partial charge in [-0.15, -0.1) is 0 Å². The van der Waals surface area contributed by atoms with Crippen molar-refractivity contribution in [3.8, 4) is 5.75 Å². The summed E-state index contributed by atoms with van der Waals surface area (Å²) in [5.41, 5.74) is 6.14. The van der Waals surface area contributed by atoms with Gasteiger partial charge in [-0.25, -0.2) is 0 Å². The van der Waals surface area contributed by atoms with Gasteiger partial charge in [-0.05, 0) is 57.5 Å². The Kier molecular flexibility index (Phi) is 5.70. The third kappa shape index (κ3) is 5.00. The highest BCUT2D eigenvalue weighted by molar-refractivity contribution is 5.96. The number of ether oxygens (including phenoxy) is 1. The van der Waals surface area contributed by atoms with Crippen LogP contribution >= 0.6 is 0 Å². The second-order valence-electron chi connectivity index (χ2n) is 4.36. The van der Waals surface area contributed by atoms with Gasteiger partial charge in [0.2, 0.25) is 0 Å². The quantitative estimate of drug-likeness (QED) is 0.584. The van der Waals surface area contributed by atoms with E-state index in [1.807, 2.05) is 38.1 Å². The van der Waals surface area contributed by atoms with Crippen LogP contribution in [-0.2, 0) is 0 Å². The first kappa shape index (κ1) is 13.7. The van der Waals surface area contributed by atoms with Gasteiger partial charge in [0.25, 0.3) is 0 Å². The molecule has 3 heteroatoms. The third-order valence-corrected chi connectivity index (χ3v) is 2.41. The van der Waals surface area contributed by atoms with E-state index in [1.54, 1.807) is 0 Å². The van der Waals surface area contributed by atoms with Gasteiger partial charge in [0.15, 0.2) is 5.78 Å². The second-order valence-corrected chi connectivity index (χ2v) is 4.36. The number of hydrogen-bond acceptors (Lipinski definition) is 3. The van der Waals surface area contributed by atoms with Gasteiger partial charge in [0.1, 0.15) is 5.75 Å². The SMILES string of the molecule is CC(C)Oc1ccc(C(=O)CCCCN)cc1. The monoisotopic (exact) mass is 235 g/mol. The molecule has 0 fully saturated rings. The van der Waals surface area contributed by atoms with Crippen LogP contribution < -0.4 is 10.5 Å². The van der Waals surface area contributed by atoms with E-state index in [1.165, 1.54) is 0 Å². The van der Waals surface area contributed by atoms with Gasteiger partial charge in [-0.2, -0.15) is 0 Å². The average Bonchev–Trinajstić information content (AvgIpc) is 2.29. The minimum Gasteiger partial charge on any atom is -0.491 e. The van der Waals surface area contributed by atoms with Crippen molar-refractivity contribution < 1.29 is 9.53 Å². The van der Waals surface area contributed by atoms with Crippen LogP contribution in [0.1, 0.15) is 43.5 Å². The maximum atomic E-state index is 11.8. The van der Waals surface area contributed by atoms with E-state index < -0.39 is 0 Å². The number of hydrogen-bond donors (Lipinski definition) is 1. The van der Waals surface area contributed by atoms with E-state index in [2.05, 4.69) is 0 Å². The fourth-order valence-electron chi connectivity index (χ4n) is 1.57. The lowest BCUT2D eigenvalue weighted by Crippen LogP contribution is -2.06. The summed E-state index contributed by atoms with van der Waals surface area (Å²) in [7, 11) is 0. The number of benzene rings is 1. The summed E-state index contributed by atoms with van der Waals surface area (Å²) >= 11 is 0. The molecule has 0 aromatic heterocycles. The number of ketones is 1. The van der Waals surface area contributed by atoms with Crippen LogP contribution in [0, 0.1) is 0 Å². The molecule has 0 bridgehead atoms. The molecule has 0 radical (unpaired) electrons. The topological polar surface area (TPSA) is 52.3 Å². The molecule has 0 aliphatic carbocycles. The Morgan fingerprint density at radius 3 is 2.41 bits per heavy atom. The Morgan fingerprint density at radius 1 is 1.24 bits per heavy atom. The van der Waals surface area contributed by atoms with E-state index in [0.29, 0.717) is 13.0 Å². The number of carbonyl (C=O) groups excluding carboxylic acids is 1. The molecule has 1 rings (SSSR count). The van der Waals surface area contributed by atoms with Crippen molar-refractivity contribution in [3.05, 3.63) is 29.8 Å². The van der Waals surface area contributed by atoms with E-state index in [4.69, 9.17) is 10.5 Å². The van der Waals surface area contributed by atoms with Crippen LogP contribution in [0.3, 0.4) is 0 Å². The number of nitrogens with two attached hydrogens (primary N) is 1. The molecule has 3 nitrogen and oxygen atoms in total. The van der Waals surface area contributed by atoms with Crippen LogP contribution in [0.25, 0.3) is 0 Å². The molecule has 0 aliphatic rings. The molecular weight excluding hydrogens is 214 g/mol. The highest BCUT2D eigenvalue weighted by atomic mass is 16.5. The maximum Gasteiger partial charge on any atom is 0.162 e.